The van der Waals surface area contributed by atoms with Crippen LogP contribution in [0, 0.1) is 11.6 Å². The highest BCUT2D eigenvalue weighted by Gasteiger charge is 2.20. The molecule has 0 radical (unpaired) electrons. The van der Waals surface area contributed by atoms with Crippen molar-refractivity contribution in [3.63, 3.8) is 0 Å². The van der Waals surface area contributed by atoms with Crippen molar-refractivity contribution in [2.24, 2.45) is 0 Å². The molecule has 0 fully saturated rings. The molecule has 0 aliphatic carbocycles. The second-order valence-electron chi connectivity index (χ2n) is 5.19. The summed E-state index contributed by atoms with van der Waals surface area (Å²) >= 11 is 12.0. The number of hydrogen-bond acceptors (Lipinski definition) is 4. The smallest absolute Gasteiger partial charge is 0.334 e. The highest BCUT2D eigenvalue weighted by atomic mass is 35.5. The minimum atomic E-state index is -1.35. The molecule has 1 heterocycles. The molecule has 0 aliphatic heterocycles. The number of esters is 1. The fraction of sp³-hybridized carbons (Fsp3) is 0.294. The van der Waals surface area contributed by atoms with Crippen LogP contribution in [0.2, 0.25) is 10.3 Å². The van der Waals surface area contributed by atoms with Gasteiger partial charge in [0.05, 0.1) is 6.61 Å². The van der Waals surface area contributed by atoms with E-state index in [-0.39, 0.29) is 35.3 Å². The standard InChI is InChI=1S/C17H15Cl2F2NO3/c1-2-25-17(24)14(23)6-5-11-12(8-15(18)22-16(11)19)10-4-3-9(20)7-13(10)21/h3-4,7-8,14,23H,2,5-6H2,1H3. The fourth-order valence-corrected chi connectivity index (χ4v) is 2.86. The van der Waals surface area contributed by atoms with Crippen molar-refractivity contribution in [2.75, 3.05) is 6.61 Å². The van der Waals surface area contributed by atoms with E-state index < -0.39 is 23.7 Å². The lowest BCUT2D eigenvalue weighted by Crippen LogP contribution is -2.23. The van der Waals surface area contributed by atoms with Gasteiger partial charge in [-0.1, -0.05) is 23.2 Å². The number of aliphatic hydroxyl groups excluding tert-OH is 1. The van der Waals surface area contributed by atoms with Crippen LogP contribution in [0.15, 0.2) is 24.3 Å². The number of ether oxygens (including phenoxy) is 1. The topological polar surface area (TPSA) is 59.4 Å². The number of halogens is 4. The first kappa shape index (κ1) is 19.6. The van der Waals surface area contributed by atoms with Crippen LogP contribution < -0.4 is 0 Å². The molecule has 1 atom stereocenters. The normalized spacial score (nSPS) is 12.1. The predicted molar refractivity (Wildman–Crippen MR) is 90.6 cm³/mol. The third kappa shape index (κ3) is 4.87. The van der Waals surface area contributed by atoms with E-state index in [4.69, 9.17) is 27.9 Å². The van der Waals surface area contributed by atoms with Crippen LogP contribution in [0.25, 0.3) is 11.1 Å². The number of aromatic nitrogens is 1. The third-order valence-electron chi connectivity index (χ3n) is 3.49. The van der Waals surface area contributed by atoms with Crippen LogP contribution >= 0.6 is 23.2 Å². The van der Waals surface area contributed by atoms with E-state index in [1.807, 2.05) is 0 Å². The van der Waals surface area contributed by atoms with E-state index in [0.717, 1.165) is 12.1 Å². The van der Waals surface area contributed by atoms with Gasteiger partial charge in [-0.25, -0.2) is 18.6 Å². The molecule has 0 spiro atoms. The second-order valence-corrected chi connectivity index (χ2v) is 5.94. The average molecular weight is 390 g/mol. The monoisotopic (exact) mass is 389 g/mol. The maximum atomic E-state index is 14.1. The van der Waals surface area contributed by atoms with Gasteiger partial charge in [-0.3, -0.25) is 0 Å². The van der Waals surface area contributed by atoms with Crippen LogP contribution in [0.1, 0.15) is 18.9 Å². The van der Waals surface area contributed by atoms with Crippen molar-refractivity contribution in [3.8, 4) is 11.1 Å². The number of benzene rings is 1. The maximum Gasteiger partial charge on any atom is 0.334 e. The first-order valence-electron chi connectivity index (χ1n) is 7.48. The Kier molecular flexibility index (Phi) is 6.70. The molecule has 134 valence electrons. The molecule has 1 aromatic heterocycles. The van der Waals surface area contributed by atoms with E-state index in [1.54, 1.807) is 6.92 Å². The molecule has 1 aromatic carbocycles. The molecular formula is C17H15Cl2F2NO3. The summed E-state index contributed by atoms with van der Waals surface area (Å²) in [6.45, 7) is 1.77. The van der Waals surface area contributed by atoms with Crippen LogP contribution in [0.5, 0.6) is 0 Å². The van der Waals surface area contributed by atoms with Gasteiger partial charge in [0, 0.05) is 11.6 Å². The Bertz CT molecular complexity index is 787. The van der Waals surface area contributed by atoms with Gasteiger partial charge in [0.15, 0.2) is 6.10 Å². The van der Waals surface area contributed by atoms with E-state index in [0.29, 0.717) is 11.1 Å². The number of rotatable bonds is 6. The van der Waals surface area contributed by atoms with Crippen molar-refractivity contribution in [1.82, 2.24) is 4.98 Å². The zero-order valence-corrected chi connectivity index (χ0v) is 14.7. The lowest BCUT2D eigenvalue weighted by molar-refractivity contribution is -0.153. The average Bonchev–Trinajstić information content (AvgIpc) is 2.53. The summed E-state index contributed by atoms with van der Waals surface area (Å²) in [7, 11) is 0. The molecule has 0 saturated heterocycles. The zero-order valence-electron chi connectivity index (χ0n) is 13.2. The Morgan fingerprint density at radius 1 is 1.28 bits per heavy atom. The summed E-state index contributed by atoms with van der Waals surface area (Å²) < 4.78 is 32.0. The van der Waals surface area contributed by atoms with Crippen LogP contribution in [0.4, 0.5) is 8.78 Å². The minimum Gasteiger partial charge on any atom is -0.464 e. The number of nitrogens with zero attached hydrogens (tertiary/aromatic N) is 1. The highest BCUT2D eigenvalue weighted by molar-refractivity contribution is 6.33. The largest absolute Gasteiger partial charge is 0.464 e. The number of carbonyl (C=O) groups is 1. The summed E-state index contributed by atoms with van der Waals surface area (Å²) in [4.78, 5) is 15.4. The number of pyridine rings is 1. The number of carbonyl (C=O) groups excluding carboxylic acids is 1. The molecule has 0 aliphatic rings. The quantitative estimate of drug-likeness (QED) is 0.594. The van der Waals surface area contributed by atoms with Crippen molar-refractivity contribution in [2.45, 2.75) is 25.9 Å². The van der Waals surface area contributed by atoms with Gasteiger partial charge in [0.25, 0.3) is 0 Å². The maximum absolute atomic E-state index is 14.1. The fourth-order valence-electron chi connectivity index (χ4n) is 2.33. The Labute approximate surface area is 153 Å². The van der Waals surface area contributed by atoms with Gasteiger partial charge in [0.1, 0.15) is 21.9 Å². The molecule has 4 nitrogen and oxygen atoms in total. The van der Waals surface area contributed by atoms with Gasteiger partial charge in [-0.15, -0.1) is 0 Å². The molecule has 2 aromatic rings. The van der Waals surface area contributed by atoms with E-state index in [9.17, 15) is 18.7 Å². The number of aliphatic hydroxyl groups is 1. The SMILES string of the molecule is CCOC(=O)C(O)CCc1c(-c2ccc(F)cc2F)cc(Cl)nc1Cl. The third-order valence-corrected chi connectivity index (χ3v) is 4.00. The predicted octanol–water partition coefficient (Wildman–Crippen LogP) is 4.19. The Hall–Kier alpha value is -1.76. The molecule has 0 amide bonds. The summed E-state index contributed by atoms with van der Waals surface area (Å²) in [5.41, 5.74) is 0.798. The molecule has 1 N–H and O–H groups in total. The van der Waals surface area contributed by atoms with Crippen molar-refractivity contribution in [3.05, 3.63) is 51.8 Å². The first-order chi connectivity index (χ1) is 11.8. The zero-order chi connectivity index (χ0) is 18.6. The summed E-state index contributed by atoms with van der Waals surface area (Å²) in [5.74, 6) is -2.26. The lowest BCUT2D eigenvalue weighted by Gasteiger charge is -2.14. The molecule has 25 heavy (non-hydrogen) atoms. The van der Waals surface area contributed by atoms with Crippen LogP contribution in [0.3, 0.4) is 0 Å². The first-order valence-corrected chi connectivity index (χ1v) is 8.24. The molecule has 8 heteroatoms. The van der Waals surface area contributed by atoms with Gasteiger partial charge < -0.3 is 9.84 Å². The van der Waals surface area contributed by atoms with E-state index in [1.165, 1.54) is 12.1 Å². The molecule has 0 bridgehead atoms. The van der Waals surface area contributed by atoms with Gasteiger partial charge in [0.2, 0.25) is 0 Å². The molecule has 1 unspecified atom stereocenters. The van der Waals surface area contributed by atoms with E-state index >= 15 is 0 Å². The summed E-state index contributed by atoms with van der Waals surface area (Å²) in [6, 6.07) is 4.51. The number of hydrogen-bond donors (Lipinski definition) is 1. The minimum absolute atomic E-state index is 0.00230. The highest BCUT2D eigenvalue weighted by Crippen LogP contribution is 2.33. The Morgan fingerprint density at radius 3 is 2.64 bits per heavy atom. The van der Waals surface area contributed by atoms with Gasteiger partial charge in [-0.05, 0) is 49.1 Å². The van der Waals surface area contributed by atoms with Crippen LogP contribution in [-0.2, 0) is 16.0 Å². The Morgan fingerprint density at radius 2 is 2.00 bits per heavy atom. The lowest BCUT2D eigenvalue weighted by atomic mass is 9.97. The van der Waals surface area contributed by atoms with Gasteiger partial charge >= 0.3 is 5.97 Å². The summed E-state index contributed by atoms with van der Waals surface area (Å²) in [6.07, 6.45) is -1.23. The summed E-state index contributed by atoms with van der Waals surface area (Å²) in [5, 5.41) is 9.88. The molecular weight excluding hydrogens is 375 g/mol. The van der Waals surface area contributed by atoms with E-state index in [2.05, 4.69) is 4.98 Å². The van der Waals surface area contributed by atoms with Crippen molar-refractivity contribution >= 4 is 29.2 Å². The van der Waals surface area contributed by atoms with Gasteiger partial charge in [-0.2, -0.15) is 0 Å². The molecule has 2 rings (SSSR count). The van der Waals surface area contributed by atoms with Crippen molar-refractivity contribution in [1.29, 1.82) is 0 Å². The van der Waals surface area contributed by atoms with Crippen molar-refractivity contribution < 1.29 is 23.4 Å². The Balaban J connectivity index is 2.36. The second kappa shape index (κ2) is 8.56. The molecule has 0 saturated carbocycles. The van der Waals surface area contributed by atoms with Crippen LogP contribution in [-0.4, -0.2) is 28.8 Å².